The van der Waals surface area contributed by atoms with Gasteiger partial charge in [0, 0.05) is 28.7 Å². The van der Waals surface area contributed by atoms with E-state index in [-0.39, 0.29) is 23.5 Å². The van der Waals surface area contributed by atoms with E-state index in [0.29, 0.717) is 29.0 Å². The molecule has 0 radical (unpaired) electrons. The number of pyridine rings is 1. The Morgan fingerprint density at radius 1 is 1.12 bits per heavy atom. The minimum atomic E-state index is -0.259. The lowest BCUT2D eigenvalue weighted by Crippen LogP contribution is -2.30. The van der Waals surface area contributed by atoms with Crippen molar-refractivity contribution in [2.45, 2.75) is 51.0 Å². The molecule has 1 aliphatic heterocycles. The van der Waals surface area contributed by atoms with E-state index < -0.39 is 0 Å². The molecule has 4 aromatic rings. The number of imidazole rings is 1. The van der Waals surface area contributed by atoms with Crippen molar-refractivity contribution in [2.24, 2.45) is 0 Å². The number of nitrogens with one attached hydrogen (secondary N) is 1. The van der Waals surface area contributed by atoms with E-state index in [1.165, 1.54) is 0 Å². The number of hydrogen-bond acceptors (Lipinski definition) is 5. The average molecular weight is 522 g/mol. The van der Waals surface area contributed by atoms with E-state index >= 15 is 0 Å². The topological polar surface area (TPSA) is 104 Å². The Morgan fingerprint density at radius 3 is 2.71 bits per heavy atom. The lowest BCUT2D eigenvalue weighted by Gasteiger charge is -2.25. The third-order valence-corrected chi connectivity index (χ3v) is 7.59. The monoisotopic (exact) mass is 521 g/mol. The lowest BCUT2D eigenvalue weighted by atomic mass is 9.87. The molecular weight excluding hydrogens is 498 g/mol. The first-order valence-electron chi connectivity index (χ1n) is 11.6. The predicted molar refractivity (Wildman–Crippen MR) is 133 cm³/mol. The summed E-state index contributed by atoms with van der Waals surface area (Å²) in [6.07, 6.45) is 6.97. The van der Waals surface area contributed by atoms with Crippen LogP contribution in [0.4, 0.5) is 5.82 Å². The van der Waals surface area contributed by atoms with Gasteiger partial charge in [0.2, 0.25) is 0 Å². The van der Waals surface area contributed by atoms with Crippen LogP contribution < -0.4 is 10.5 Å². The predicted octanol–water partition coefficient (Wildman–Crippen LogP) is 3.86. The van der Waals surface area contributed by atoms with Gasteiger partial charge in [0.05, 0.1) is 23.3 Å². The highest BCUT2D eigenvalue weighted by Gasteiger charge is 2.29. The minimum absolute atomic E-state index is 0.124. The van der Waals surface area contributed by atoms with Crippen molar-refractivity contribution in [1.29, 1.82) is 0 Å². The van der Waals surface area contributed by atoms with Gasteiger partial charge in [-0.3, -0.25) is 18.9 Å². The molecule has 0 saturated heterocycles. The van der Waals surface area contributed by atoms with Crippen molar-refractivity contribution >= 4 is 44.2 Å². The third kappa shape index (κ3) is 3.37. The maximum atomic E-state index is 13.5. The van der Waals surface area contributed by atoms with E-state index in [1.807, 2.05) is 23.5 Å². The van der Waals surface area contributed by atoms with Crippen molar-refractivity contribution in [1.82, 2.24) is 19.4 Å². The molecule has 4 heterocycles. The van der Waals surface area contributed by atoms with Crippen molar-refractivity contribution in [3.63, 3.8) is 0 Å². The number of aliphatic hydroxyl groups is 1. The molecule has 0 atom stereocenters. The molecule has 1 aromatic carbocycles. The quantitative estimate of drug-likeness (QED) is 0.416. The number of nitrogens with zero attached hydrogens (tertiary/aromatic N) is 4. The third-order valence-electron chi connectivity index (χ3n) is 7.16. The van der Waals surface area contributed by atoms with Gasteiger partial charge in [0.15, 0.2) is 0 Å². The maximum absolute atomic E-state index is 13.5. The summed E-state index contributed by atoms with van der Waals surface area (Å²) in [5.41, 5.74) is 4.10. The summed E-state index contributed by atoms with van der Waals surface area (Å²) >= 11 is 3.45. The van der Waals surface area contributed by atoms with Gasteiger partial charge in [0.25, 0.3) is 11.5 Å². The zero-order valence-corrected chi connectivity index (χ0v) is 20.3. The molecule has 0 spiro atoms. The fourth-order valence-electron chi connectivity index (χ4n) is 5.38. The highest BCUT2D eigenvalue weighted by atomic mass is 79.9. The van der Waals surface area contributed by atoms with E-state index in [1.54, 1.807) is 23.4 Å². The van der Waals surface area contributed by atoms with Crippen molar-refractivity contribution in [3.8, 4) is 0 Å². The molecule has 0 bridgehead atoms. The zero-order chi connectivity index (χ0) is 23.6. The van der Waals surface area contributed by atoms with Gasteiger partial charge in [-0.2, -0.15) is 0 Å². The number of amides is 1. The van der Waals surface area contributed by atoms with Gasteiger partial charge in [-0.25, -0.2) is 9.97 Å². The summed E-state index contributed by atoms with van der Waals surface area (Å²) in [6.45, 7) is 2.49. The average Bonchev–Trinajstić information content (AvgIpc) is 3.44. The number of fused-ring (bicyclic) bond motifs is 4. The fourth-order valence-corrected chi connectivity index (χ4v) is 5.76. The summed E-state index contributed by atoms with van der Waals surface area (Å²) in [5, 5.41) is 9.91. The number of H-pyrrole nitrogens is 1. The van der Waals surface area contributed by atoms with Gasteiger partial charge >= 0.3 is 0 Å². The molecule has 8 nitrogen and oxygen atoms in total. The van der Waals surface area contributed by atoms with Crippen LogP contribution in [0.3, 0.4) is 0 Å². The number of anilines is 1. The molecule has 2 N–H and O–H groups in total. The highest BCUT2D eigenvalue weighted by Crippen LogP contribution is 2.34. The van der Waals surface area contributed by atoms with Crippen LogP contribution >= 0.6 is 15.9 Å². The van der Waals surface area contributed by atoms with Gasteiger partial charge in [0.1, 0.15) is 17.2 Å². The Kier molecular flexibility index (Phi) is 5.07. The number of rotatable bonds is 2. The molecule has 174 valence electrons. The van der Waals surface area contributed by atoms with Crippen molar-refractivity contribution in [2.75, 3.05) is 11.4 Å². The van der Waals surface area contributed by atoms with Crippen LogP contribution in [-0.4, -0.2) is 43.0 Å². The molecule has 1 aliphatic carbocycles. The van der Waals surface area contributed by atoms with E-state index in [4.69, 9.17) is 0 Å². The van der Waals surface area contributed by atoms with Crippen molar-refractivity contribution < 1.29 is 9.90 Å². The standard InChI is InChI=1S/C25H24BrN5O3/c1-13-8-20-19(10-18(13)25(34)30-7-6-15-9-16(26)11-27-22(15)30)29-24(33)21-12-28-23(31(20)21)14-2-4-17(32)5-3-14/h8-12,14,17,32H,2-7H2,1H3,(H,29,33)/t14-,17+. The Balaban J connectivity index is 1.46. The van der Waals surface area contributed by atoms with Crippen molar-refractivity contribution in [3.05, 3.63) is 67.9 Å². The normalized spacial score (nSPS) is 20.3. The van der Waals surface area contributed by atoms with Crippen LogP contribution in [0, 0.1) is 6.92 Å². The van der Waals surface area contributed by atoms with Crippen LogP contribution in [0.1, 0.15) is 58.9 Å². The molecule has 0 unspecified atom stereocenters. The lowest BCUT2D eigenvalue weighted by molar-refractivity contribution is 0.0988. The van der Waals surface area contributed by atoms with Crippen LogP contribution in [0.5, 0.6) is 0 Å². The number of carbonyl (C=O) groups excluding carboxylic acids is 1. The second-order valence-corrected chi connectivity index (χ2v) is 10.2. The SMILES string of the molecule is Cc1cc2c(cc1C(=O)N1CCc3cc(Br)cnc31)[nH]c(=O)c1cnc([C@H]3CC[C@@H](O)CC3)n12. The summed E-state index contributed by atoms with van der Waals surface area (Å²) in [6, 6.07) is 5.74. The smallest absolute Gasteiger partial charge is 0.274 e. The largest absolute Gasteiger partial charge is 0.393 e. The van der Waals surface area contributed by atoms with Crippen LogP contribution in [0.15, 0.2) is 39.9 Å². The number of aliphatic hydroxyl groups excluding tert-OH is 1. The summed E-state index contributed by atoms with van der Waals surface area (Å²) in [5.74, 6) is 1.60. The molecule has 1 fully saturated rings. The number of carbonyl (C=O) groups is 1. The molecule has 2 aliphatic rings. The number of aromatic nitrogens is 4. The Hall–Kier alpha value is -3.04. The first-order valence-corrected chi connectivity index (χ1v) is 12.4. The molecule has 3 aromatic heterocycles. The highest BCUT2D eigenvalue weighted by molar-refractivity contribution is 9.10. The van der Waals surface area contributed by atoms with Gasteiger partial charge in [-0.05, 0) is 84.3 Å². The zero-order valence-electron chi connectivity index (χ0n) is 18.7. The molecule has 9 heteroatoms. The molecule has 1 saturated carbocycles. The maximum Gasteiger partial charge on any atom is 0.274 e. The second-order valence-electron chi connectivity index (χ2n) is 9.32. The number of benzene rings is 1. The van der Waals surface area contributed by atoms with E-state index in [9.17, 15) is 14.7 Å². The first kappa shape index (κ1) is 21.5. The van der Waals surface area contributed by atoms with E-state index in [0.717, 1.165) is 59.0 Å². The number of aromatic amines is 1. The molecular formula is C25H24BrN5O3. The van der Waals surface area contributed by atoms with Crippen LogP contribution in [-0.2, 0) is 6.42 Å². The summed E-state index contributed by atoms with van der Waals surface area (Å²) in [7, 11) is 0. The van der Waals surface area contributed by atoms with E-state index in [2.05, 4.69) is 30.9 Å². The van der Waals surface area contributed by atoms with Gasteiger partial charge in [-0.15, -0.1) is 0 Å². The molecule has 6 rings (SSSR count). The fraction of sp³-hybridized carbons (Fsp3) is 0.360. The summed E-state index contributed by atoms with van der Waals surface area (Å²) < 4.78 is 2.83. The first-order chi connectivity index (χ1) is 16.4. The molecule has 1 amide bonds. The second kappa shape index (κ2) is 8.02. The van der Waals surface area contributed by atoms with Crippen LogP contribution in [0.25, 0.3) is 16.6 Å². The number of halogens is 1. The van der Waals surface area contributed by atoms with Gasteiger partial charge < -0.3 is 10.1 Å². The minimum Gasteiger partial charge on any atom is -0.393 e. The summed E-state index contributed by atoms with van der Waals surface area (Å²) in [4.78, 5) is 40.2. The Bertz CT molecular complexity index is 1520. The Morgan fingerprint density at radius 2 is 1.91 bits per heavy atom. The van der Waals surface area contributed by atoms with Crippen LogP contribution in [0.2, 0.25) is 0 Å². The Labute approximate surface area is 203 Å². The number of aryl methyl sites for hydroxylation is 1. The molecule has 34 heavy (non-hydrogen) atoms. The number of hydrogen-bond donors (Lipinski definition) is 2. The van der Waals surface area contributed by atoms with Gasteiger partial charge in [-0.1, -0.05) is 0 Å².